The zero-order valence-corrected chi connectivity index (χ0v) is 8.72. The molecule has 0 aliphatic rings. The molecule has 0 unspecified atom stereocenters. The maximum Gasteiger partial charge on any atom is 0.115 e. The van der Waals surface area contributed by atoms with Crippen molar-refractivity contribution in [3.05, 3.63) is 47.8 Å². The molecule has 0 fully saturated rings. The molecule has 0 amide bonds. The molecule has 0 aromatic rings. The van der Waals surface area contributed by atoms with Crippen LogP contribution in [-0.2, 0) is 0 Å². The van der Waals surface area contributed by atoms with Crippen molar-refractivity contribution in [2.45, 2.75) is 27.2 Å². The maximum atomic E-state index is 9.26. The van der Waals surface area contributed by atoms with Gasteiger partial charge < -0.3 is 5.11 Å². The van der Waals surface area contributed by atoms with Gasteiger partial charge in [-0.05, 0) is 26.3 Å². The van der Waals surface area contributed by atoms with Crippen LogP contribution in [0.2, 0.25) is 0 Å². The second-order valence-corrected chi connectivity index (χ2v) is 3.24. The van der Waals surface area contributed by atoms with E-state index < -0.39 is 0 Å². The molecule has 1 nitrogen and oxygen atoms in total. The van der Waals surface area contributed by atoms with Crippen molar-refractivity contribution < 1.29 is 5.11 Å². The Morgan fingerprint density at radius 2 is 1.77 bits per heavy atom. The number of aliphatic hydroxyl groups is 1. The Hall–Kier alpha value is -1.24. The average Bonchev–Trinajstić information content (AvgIpc) is 2.02. The molecule has 0 heterocycles. The first-order chi connectivity index (χ1) is 5.97. The molecule has 0 saturated carbocycles. The fourth-order valence-corrected chi connectivity index (χ4v) is 0.841. The van der Waals surface area contributed by atoms with Gasteiger partial charge in [-0.3, -0.25) is 0 Å². The van der Waals surface area contributed by atoms with Crippen molar-refractivity contribution in [3.63, 3.8) is 0 Å². The largest absolute Gasteiger partial charge is 0.508 e. The molecule has 0 aliphatic carbocycles. The molecule has 0 rings (SSSR count). The molecule has 0 aromatic heterocycles. The summed E-state index contributed by atoms with van der Waals surface area (Å²) in [6.45, 7) is 13.2. The Morgan fingerprint density at radius 3 is 2.08 bits per heavy atom. The lowest BCUT2D eigenvalue weighted by Gasteiger charge is -2.02. The smallest absolute Gasteiger partial charge is 0.115 e. The summed E-state index contributed by atoms with van der Waals surface area (Å²) >= 11 is 0. The molecular formula is C12H18O. The molecule has 0 saturated heterocycles. The van der Waals surface area contributed by atoms with Crippen LogP contribution in [0.3, 0.4) is 0 Å². The van der Waals surface area contributed by atoms with E-state index in [-0.39, 0.29) is 5.76 Å². The van der Waals surface area contributed by atoms with Crippen molar-refractivity contribution in [1.29, 1.82) is 0 Å². The standard InChI is InChI=1S/C12H18O/c1-6-10(4)8-12(11(5)13)7-9(2)3/h7-8,13H,2,5-6H2,1,3-4H3/b10-8+,12-7+. The first-order valence-corrected chi connectivity index (χ1v) is 4.40. The Balaban J connectivity index is 4.84. The van der Waals surface area contributed by atoms with Gasteiger partial charge in [0.2, 0.25) is 0 Å². The Labute approximate surface area is 80.8 Å². The molecular weight excluding hydrogens is 160 g/mol. The van der Waals surface area contributed by atoms with E-state index in [9.17, 15) is 5.11 Å². The molecule has 0 aliphatic heterocycles. The number of rotatable bonds is 4. The highest BCUT2D eigenvalue weighted by atomic mass is 16.3. The van der Waals surface area contributed by atoms with E-state index in [0.717, 1.165) is 17.6 Å². The van der Waals surface area contributed by atoms with Crippen LogP contribution in [0.5, 0.6) is 0 Å². The van der Waals surface area contributed by atoms with Crippen LogP contribution in [0.25, 0.3) is 0 Å². The van der Waals surface area contributed by atoms with Gasteiger partial charge >= 0.3 is 0 Å². The van der Waals surface area contributed by atoms with Gasteiger partial charge in [0.15, 0.2) is 0 Å². The highest BCUT2D eigenvalue weighted by molar-refractivity contribution is 5.39. The van der Waals surface area contributed by atoms with Crippen molar-refractivity contribution in [1.82, 2.24) is 0 Å². The Bertz CT molecular complexity index is 267. The number of aliphatic hydroxyl groups excluding tert-OH is 1. The zero-order valence-electron chi connectivity index (χ0n) is 8.72. The van der Waals surface area contributed by atoms with Gasteiger partial charge in [0.25, 0.3) is 0 Å². The first-order valence-electron chi connectivity index (χ1n) is 4.40. The summed E-state index contributed by atoms with van der Waals surface area (Å²) in [5.41, 5.74) is 2.86. The summed E-state index contributed by atoms with van der Waals surface area (Å²) in [5, 5.41) is 9.26. The van der Waals surface area contributed by atoms with Crippen molar-refractivity contribution in [2.75, 3.05) is 0 Å². The van der Waals surface area contributed by atoms with E-state index >= 15 is 0 Å². The zero-order chi connectivity index (χ0) is 10.4. The summed E-state index contributed by atoms with van der Waals surface area (Å²) in [6.07, 6.45) is 4.72. The molecule has 13 heavy (non-hydrogen) atoms. The Morgan fingerprint density at radius 1 is 1.23 bits per heavy atom. The quantitative estimate of drug-likeness (QED) is 0.511. The van der Waals surface area contributed by atoms with E-state index in [1.54, 1.807) is 0 Å². The average molecular weight is 178 g/mol. The van der Waals surface area contributed by atoms with Crippen LogP contribution < -0.4 is 0 Å². The van der Waals surface area contributed by atoms with Crippen LogP contribution >= 0.6 is 0 Å². The van der Waals surface area contributed by atoms with Crippen molar-refractivity contribution >= 4 is 0 Å². The first kappa shape index (κ1) is 11.8. The summed E-state index contributed by atoms with van der Waals surface area (Å²) in [6, 6.07) is 0. The van der Waals surface area contributed by atoms with E-state index in [1.807, 2.05) is 26.0 Å². The van der Waals surface area contributed by atoms with Gasteiger partial charge in [0, 0.05) is 5.57 Å². The summed E-state index contributed by atoms with van der Waals surface area (Å²) in [5.74, 6) is 0.0933. The summed E-state index contributed by atoms with van der Waals surface area (Å²) < 4.78 is 0. The van der Waals surface area contributed by atoms with Gasteiger partial charge in [0.1, 0.15) is 5.76 Å². The number of allylic oxidation sites excluding steroid dienone is 4. The second-order valence-electron chi connectivity index (χ2n) is 3.24. The third-order valence-corrected chi connectivity index (χ3v) is 1.69. The molecule has 0 aromatic carbocycles. The summed E-state index contributed by atoms with van der Waals surface area (Å²) in [7, 11) is 0. The van der Waals surface area contributed by atoms with Crippen LogP contribution in [0.4, 0.5) is 0 Å². The van der Waals surface area contributed by atoms with Gasteiger partial charge in [-0.15, -0.1) is 0 Å². The van der Waals surface area contributed by atoms with Gasteiger partial charge in [0.05, 0.1) is 0 Å². The minimum atomic E-state index is 0.0933. The molecule has 0 atom stereocenters. The predicted octanol–water partition coefficient (Wildman–Crippen LogP) is 3.92. The fraction of sp³-hybridized carbons (Fsp3) is 0.333. The van der Waals surface area contributed by atoms with E-state index in [4.69, 9.17) is 0 Å². The lowest BCUT2D eigenvalue weighted by molar-refractivity contribution is 0.429. The van der Waals surface area contributed by atoms with E-state index in [0.29, 0.717) is 0 Å². The number of hydrogen-bond donors (Lipinski definition) is 1. The second kappa shape index (κ2) is 5.41. The van der Waals surface area contributed by atoms with Crippen molar-refractivity contribution in [2.24, 2.45) is 0 Å². The third-order valence-electron chi connectivity index (χ3n) is 1.69. The SMILES string of the molecule is C=C(C)/C=C(\C=C(/C)CC)C(=C)O. The molecule has 72 valence electrons. The van der Waals surface area contributed by atoms with Crippen LogP contribution in [0.15, 0.2) is 47.8 Å². The monoisotopic (exact) mass is 178 g/mol. The lowest BCUT2D eigenvalue weighted by atomic mass is 10.1. The third kappa shape index (κ3) is 5.07. The molecule has 0 radical (unpaired) electrons. The topological polar surface area (TPSA) is 20.2 Å². The highest BCUT2D eigenvalue weighted by Crippen LogP contribution is 2.13. The van der Waals surface area contributed by atoms with Gasteiger partial charge in [-0.1, -0.05) is 37.3 Å². The fourth-order valence-electron chi connectivity index (χ4n) is 0.841. The maximum absolute atomic E-state index is 9.26. The highest BCUT2D eigenvalue weighted by Gasteiger charge is 1.97. The molecule has 1 heteroatoms. The van der Waals surface area contributed by atoms with Crippen molar-refractivity contribution in [3.8, 4) is 0 Å². The normalized spacial score (nSPS) is 12.8. The summed E-state index contributed by atoms with van der Waals surface area (Å²) in [4.78, 5) is 0. The minimum Gasteiger partial charge on any atom is -0.508 e. The van der Waals surface area contributed by atoms with Crippen LogP contribution in [-0.4, -0.2) is 5.11 Å². The van der Waals surface area contributed by atoms with Crippen LogP contribution in [0, 0.1) is 0 Å². The van der Waals surface area contributed by atoms with Gasteiger partial charge in [-0.2, -0.15) is 0 Å². The lowest BCUT2D eigenvalue weighted by Crippen LogP contribution is -1.85. The minimum absolute atomic E-state index is 0.0933. The van der Waals surface area contributed by atoms with Gasteiger partial charge in [-0.25, -0.2) is 0 Å². The Kier molecular flexibility index (Phi) is 4.90. The molecule has 1 N–H and O–H groups in total. The predicted molar refractivity (Wildman–Crippen MR) is 58.7 cm³/mol. The molecule has 0 bridgehead atoms. The molecule has 0 spiro atoms. The number of hydrogen-bond acceptors (Lipinski definition) is 1. The van der Waals surface area contributed by atoms with E-state index in [1.165, 1.54) is 5.57 Å². The van der Waals surface area contributed by atoms with Crippen LogP contribution in [0.1, 0.15) is 27.2 Å². The van der Waals surface area contributed by atoms with E-state index in [2.05, 4.69) is 20.1 Å².